The van der Waals surface area contributed by atoms with Crippen molar-refractivity contribution in [1.29, 1.82) is 0 Å². The third-order valence-electron chi connectivity index (χ3n) is 8.51. The predicted molar refractivity (Wildman–Crippen MR) is 164 cm³/mol. The summed E-state index contributed by atoms with van der Waals surface area (Å²) in [5.74, 6) is 0. The summed E-state index contributed by atoms with van der Waals surface area (Å²) in [7, 11) is 0. The largest absolute Gasteiger partial charge is 0.244 e. The lowest BCUT2D eigenvalue weighted by Crippen LogP contribution is -2.38. The van der Waals surface area contributed by atoms with Crippen molar-refractivity contribution in [2.75, 3.05) is 0 Å². The molecular formula is C36H55N2+. The van der Waals surface area contributed by atoms with E-state index in [9.17, 15) is 0 Å². The van der Waals surface area contributed by atoms with Crippen molar-refractivity contribution in [3.63, 3.8) is 0 Å². The van der Waals surface area contributed by atoms with Crippen molar-refractivity contribution in [3.05, 3.63) is 90.5 Å². The number of rotatable bonds is 20. The van der Waals surface area contributed by atoms with Gasteiger partial charge in [0.2, 0.25) is 6.33 Å². The zero-order valence-electron chi connectivity index (χ0n) is 24.8. The SMILES string of the molecule is CCCCCCCCCCCC[n+]1ccn(C(CCCCC)C(C)(Cc2ccccc2)c2ccccc2)c1. The van der Waals surface area contributed by atoms with Crippen LogP contribution in [0.5, 0.6) is 0 Å². The van der Waals surface area contributed by atoms with Crippen molar-refractivity contribution in [2.45, 2.75) is 135 Å². The highest BCUT2D eigenvalue weighted by atomic mass is 15.1. The Bertz CT molecular complexity index is 977. The molecule has 0 spiro atoms. The van der Waals surface area contributed by atoms with Gasteiger partial charge in [0.15, 0.2) is 0 Å². The van der Waals surface area contributed by atoms with Gasteiger partial charge in [-0.3, -0.25) is 0 Å². The van der Waals surface area contributed by atoms with Gasteiger partial charge in [-0.15, -0.1) is 0 Å². The molecule has 1 aromatic heterocycles. The molecule has 0 N–H and O–H groups in total. The summed E-state index contributed by atoms with van der Waals surface area (Å²) in [6.07, 6.45) is 27.0. The molecule has 0 aliphatic carbocycles. The zero-order chi connectivity index (χ0) is 26.9. The van der Waals surface area contributed by atoms with Crippen LogP contribution in [0, 0.1) is 0 Å². The van der Waals surface area contributed by atoms with Crippen LogP contribution in [0.25, 0.3) is 0 Å². The second-order valence-electron chi connectivity index (χ2n) is 11.7. The van der Waals surface area contributed by atoms with Crippen LogP contribution in [0.4, 0.5) is 0 Å². The van der Waals surface area contributed by atoms with Gasteiger partial charge in [-0.2, -0.15) is 0 Å². The van der Waals surface area contributed by atoms with E-state index in [1.54, 1.807) is 0 Å². The van der Waals surface area contributed by atoms with Crippen molar-refractivity contribution in [3.8, 4) is 0 Å². The van der Waals surface area contributed by atoms with E-state index in [4.69, 9.17) is 0 Å². The smallest absolute Gasteiger partial charge is 0.237 e. The molecule has 0 amide bonds. The lowest BCUT2D eigenvalue weighted by atomic mass is 9.70. The van der Waals surface area contributed by atoms with Crippen LogP contribution in [0.3, 0.4) is 0 Å². The molecule has 38 heavy (non-hydrogen) atoms. The number of nitrogens with zero attached hydrogens (tertiary/aromatic N) is 2. The number of unbranched alkanes of at least 4 members (excludes halogenated alkanes) is 11. The van der Waals surface area contributed by atoms with Crippen molar-refractivity contribution in [2.24, 2.45) is 0 Å². The first kappa shape index (κ1) is 30.2. The predicted octanol–water partition coefficient (Wildman–Crippen LogP) is 10.0. The monoisotopic (exact) mass is 515 g/mol. The maximum atomic E-state index is 2.54. The average molecular weight is 516 g/mol. The molecule has 0 saturated heterocycles. The minimum Gasteiger partial charge on any atom is -0.237 e. The van der Waals surface area contributed by atoms with Crippen molar-refractivity contribution in [1.82, 2.24) is 4.57 Å². The second kappa shape index (κ2) is 17.3. The van der Waals surface area contributed by atoms with Gasteiger partial charge in [-0.1, -0.05) is 146 Å². The van der Waals surface area contributed by atoms with E-state index in [0.29, 0.717) is 6.04 Å². The standard InChI is InChI=1S/C36H55N2/c1-4-6-8-9-10-11-12-13-14-22-28-37-29-30-38(32-37)35(27-17-7-5-2)36(3,34-25-20-16-21-26-34)31-33-23-18-15-19-24-33/h15-16,18-21,23-26,29-30,32,35H,4-14,17,22,27-28,31H2,1-3H3/q+1. The summed E-state index contributed by atoms with van der Waals surface area (Å²) in [4.78, 5) is 0. The summed E-state index contributed by atoms with van der Waals surface area (Å²) in [5, 5.41) is 0. The van der Waals surface area contributed by atoms with E-state index >= 15 is 0 Å². The van der Waals surface area contributed by atoms with E-state index in [-0.39, 0.29) is 5.41 Å². The minimum atomic E-state index is 0.0182. The molecular weight excluding hydrogens is 460 g/mol. The van der Waals surface area contributed by atoms with Gasteiger partial charge in [0.05, 0.1) is 6.54 Å². The van der Waals surface area contributed by atoms with E-state index < -0.39 is 0 Å². The van der Waals surface area contributed by atoms with Gasteiger partial charge in [-0.05, 0) is 43.2 Å². The van der Waals surface area contributed by atoms with Crippen LogP contribution in [-0.4, -0.2) is 4.57 Å². The Morgan fingerprint density at radius 2 is 1.24 bits per heavy atom. The third-order valence-corrected chi connectivity index (χ3v) is 8.51. The zero-order valence-corrected chi connectivity index (χ0v) is 24.8. The van der Waals surface area contributed by atoms with E-state index in [2.05, 4.69) is 109 Å². The topological polar surface area (TPSA) is 8.81 Å². The first-order valence-corrected chi connectivity index (χ1v) is 15.8. The van der Waals surface area contributed by atoms with Crippen LogP contribution in [0.15, 0.2) is 79.4 Å². The van der Waals surface area contributed by atoms with E-state index in [1.807, 2.05) is 0 Å². The Morgan fingerprint density at radius 1 is 0.684 bits per heavy atom. The van der Waals surface area contributed by atoms with E-state index in [1.165, 1.54) is 101 Å². The summed E-state index contributed by atoms with van der Waals surface area (Å²) in [5.41, 5.74) is 2.88. The molecule has 2 heteroatoms. The highest BCUT2D eigenvalue weighted by Gasteiger charge is 2.40. The molecule has 3 aromatic rings. The Hall–Kier alpha value is -2.35. The van der Waals surface area contributed by atoms with Gasteiger partial charge < -0.3 is 0 Å². The van der Waals surface area contributed by atoms with E-state index in [0.717, 1.165) is 13.0 Å². The fourth-order valence-corrected chi connectivity index (χ4v) is 6.14. The van der Waals surface area contributed by atoms with Crippen molar-refractivity contribution >= 4 is 0 Å². The van der Waals surface area contributed by atoms with Gasteiger partial charge in [0.1, 0.15) is 18.4 Å². The highest BCUT2D eigenvalue weighted by molar-refractivity contribution is 5.30. The van der Waals surface area contributed by atoms with Gasteiger partial charge >= 0.3 is 0 Å². The summed E-state index contributed by atoms with van der Waals surface area (Å²) < 4.78 is 4.98. The minimum absolute atomic E-state index is 0.0182. The van der Waals surface area contributed by atoms with Gasteiger partial charge in [-0.25, -0.2) is 9.13 Å². The fraction of sp³-hybridized carbons (Fsp3) is 0.583. The fourth-order valence-electron chi connectivity index (χ4n) is 6.14. The van der Waals surface area contributed by atoms with Crippen molar-refractivity contribution < 1.29 is 4.57 Å². The molecule has 3 rings (SSSR count). The first-order chi connectivity index (χ1) is 18.7. The Balaban J connectivity index is 1.65. The maximum absolute atomic E-state index is 2.54. The molecule has 0 aliphatic heterocycles. The molecule has 2 nitrogen and oxygen atoms in total. The molecule has 208 valence electrons. The molecule has 0 radical (unpaired) electrons. The molecule has 0 bridgehead atoms. The molecule has 0 saturated carbocycles. The molecule has 0 fully saturated rings. The number of aromatic nitrogens is 2. The number of aryl methyl sites for hydroxylation is 1. The molecule has 1 heterocycles. The Kier molecular flexibility index (Phi) is 13.7. The summed E-state index contributed by atoms with van der Waals surface area (Å²) in [6, 6.07) is 22.8. The third kappa shape index (κ3) is 9.75. The number of hydrogen-bond acceptors (Lipinski definition) is 0. The van der Waals surface area contributed by atoms with Crippen LogP contribution in [0.1, 0.15) is 128 Å². The molecule has 2 unspecified atom stereocenters. The van der Waals surface area contributed by atoms with Crippen LogP contribution in [-0.2, 0) is 18.4 Å². The number of hydrogen-bond donors (Lipinski definition) is 0. The Labute approximate surface area is 234 Å². The maximum Gasteiger partial charge on any atom is 0.244 e. The number of imidazole rings is 1. The first-order valence-electron chi connectivity index (χ1n) is 15.8. The quantitative estimate of drug-likeness (QED) is 0.105. The lowest BCUT2D eigenvalue weighted by molar-refractivity contribution is -0.697. The summed E-state index contributed by atoms with van der Waals surface area (Å²) in [6.45, 7) is 8.24. The van der Waals surface area contributed by atoms with Gasteiger partial charge in [0, 0.05) is 5.41 Å². The average Bonchev–Trinajstić information content (AvgIpc) is 3.41. The van der Waals surface area contributed by atoms with Crippen LogP contribution >= 0.6 is 0 Å². The normalized spacial score (nSPS) is 13.9. The lowest BCUT2D eigenvalue weighted by Gasteiger charge is -2.37. The molecule has 2 atom stereocenters. The van der Waals surface area contributed by atoms with Crippen LogP contribution in [0.2, 0.25) is 0 Å². The second-order valence-corrected chi connectivity index (χ2v) is 11.7. The Morgan fingerprint density at radius 3 is 1.87 bits per heavy atom. The van der Waals surface area contributed by atoms with Crippen LogP contribution < -0.4 is 4.57 Å². The molecule has 2 aromatic carbocycles. The summed E-state index contributed by atoms with van der Waals surface area (Å²) >= 11 is 0. The van der Waals surface area contributed by atoms with Gasteiger partial charge in [0.25, 0.3) is 0 Å². The highest BCUT2D eigenvalue weighted by Crippen LogP contribution is 2.41. The number of benzene rings is 2. The molecule has 0 aliphatic rings.